The molecule has 1 radical (unpaired) electrons. The van der Waals surface area contributed by atoms with Gasteiger partial charge < -0.3 is 9.76 Å². The summed E-state index contributed by atoms with van der Waals surface area (Å²) in [4.78, 5) is 0. The van der Waals surface area contributed by atoms with E-state index in [2.05, 4.69) is 13.8 Å². The molecule has 2 aromatic rings. The second-order valence-corrected chi connectivity index (χ2v) is 4.18. The lowest BCUT2D eigenvalue weighted by Gasteiger charge is -2.06. The molecule has 19 heavy (non-hydrogen) atoms. The lowest BCUT2D eigenvalue weighted by Crippen LogP contribution is -2.12. The maximum atomic E-state index is 8.77. The van der Waals surface area contributed by atoms with Crippen molar-refractivity contribution in [3.05, 3.63) is 60.2 Å². The zero-order valence-electron chi connectivity index (χ0n) is 11.5. The second-order valence-electron chi connectivity index (χ2n) is 4.18. The average molecular weight is 255 g/mol. The van der Waals surface area contributed by atoms with Gasteiger partial charge in [0.25, 0.3) is 0 Å². The molecule has 0 amide bonds. The minimum atomic E-state index is 0.559. The first-order valence-electron chi connectivity index (χ1n) is 6.54. The highest BCUT2D eigenvalue weighted by molar-refractivity contribution is 6.45. The monoisotopic (exact) mass is 255 g/mol. The van der Waals surface area contributed by atoms with Crippen LogP contribution < -0.4 is 10.2 Å². The molecule has 3 heteroatoms. The van der Waals surface area contributed by atoms with Crippen LogP contribution in [0, 0.1) is 0 Å². The van der Waals surface area contributed by atoms with Gasteiger partial charge in [-0.25, -0.2) is 0 Å². The largest absolute Gasteiger partial charge is 0.489 e. The summed E-state index contributed by atoms with van der Waals surface area (Å²) in [7, 11) is 1.07. The van der Waals surface area contributed by atoms with Crippen molar-refractivity contribution in [2.24, 2.45) is 0 Å². The van der Waals surface area contributed by atoms with Crippen LogP contribution in [0.4, 0.5) is 0 Å². The maximum absolute atomic E-state index is 8.77. The smallest absolute Gasteiger partial charge is 0.326 e. The van der Waals surface area contributed by atoms with Crippen LogP contribution in [-0.4, -0.2) is 12.5 Å². The van der Waals surface area contributed by atoms with Crippen molar-refractivity contribution >= 4 is 12.9 Å². The lowest BCUT2D eigenvalue weighted by atomic mass is 9.89. The third-order valence-electron chi connectivity index (χ3n) is 2.28. The van der Waals surface area contributed by atoms with Gasteiger partial charge in [0.1, 0.15) is 12.4 Å². The molecule has 0 aromatic heterocycles. The number of benzene rings is 2. The Bertz CT molecular complexity index is 440. The standard InChI is InChI=1S/C13H12BO2.C3H8/c15-14-12-6-8-13(9-7-12)16-10-11-4-2-1-3-5-11;1-3-2/h1-9,15H,10H2;3H2,1-2H3. The van der Waals surface area contributed by atoms with E-state index in [9.17, 15) is 0 Å². The molecule has 2 nitrogen and oxygen atoms in total. The second kappa shape index (κ2) is 9.23. The highest BCUT2D eigenvalue weighted by Crippen LogP contribution is 2.10. The third kappa shape index (κ3) is 6.11. The van der Waals surface area contributed by atoms with Gasteiger partial charge in [0.15, 0.2) is 0 Å². The van der Waals surface area contributed by atoms with Gasteiger partial charge in [-0.05, 0) is 17.7 Å². The fraction of sp³-hybridized carbons (Fsp3) is 0.250. The van der Waals surface area contributed by atoms with Crippen LogP contribution in [0.5, 0.6) is 5.75 Å². The zero-order chi connectivity index (χ0) is 13.9. The van der Waals surface area contributed by atoms with E-state index in [4.69, 9.17) is 9.76 Å². The van der Waals surface area contributed by atoms with E-state index in [1.54, 1.807) is 12.1 Å². The summed E-state index contributed by atoms with van der Waals surface area (Å²) in [5.74, 6) is 0.800. The Morgan fingerprint density at radius 2 is 1.53 bits per heavy atom. The molecule has 0 heterocycles. The minimum Gasteiger partial charge on any atom is -0.489 e. The first kappa shape index (κ1) is 15.3. The van der Waals surface area contributed by atoms with Crippen molar-refractivity contribution in [3.8, 4) is 5.75 Å². The summed E-state index contributed by atoms with van der Waals surface area (Å²) in [5.41, 5.74) is 1.91. The van der Waals surface area contributed by atoms with E-state index < -0.39 is 0 Å². The van der Waals surface area contributed by atoms with E-state index >= 15 is 0 Å². The highest BCUT2D eigenvalue weighted by atomic mass is 16.5. The van der Waals surface area contributed by atoms with Gasteiger partial charge in [-0.2, -0.15) is 0 Å². The number of rotatable bonds is 4. The molecule has 0 aliphatic heterocycles. The van der Waals surface area contributed by atoms with E-state index in [1.165, 1.54) is 6.42 Å². The van der Waals surface area contributed by atoms with Gasteiger partial charge in [-0.3, -0.25) is 0 Å². The van der Waals surface area contributed by atoms with Crippen molar-refractivity contribution in [2.75, 3.05) is 0 Å². The minimum absolute atomic E-state index is 0.559. The molecule has 0 bridgehead atoms. The first-order chi connectivity index (χ1) is 9.30. The molecular weight excluding hydrogens is 235 g/mol. The van der Waals surface area contributed by atoms with E-state index in [0.29, 0.717) is 6.61 Å². The molecule has 0 saturated carbocycles. The van der Waals surface area contributed by atoms with Crippen LogP contribution in [0.1, 0.15) is 25.8 Å². The van der Waals surface area contributed by atoms with Gasteiger partial charge >= 0.3 is 7.48 Å². The molecule has 0 saturated heterocycles. The molecule has 0 spiro atoms. The van der Waals surface area contributed by atoms with E-state index in [0.717, 1.165) is 24.3 Å². The molecule has 0 fully saturated rings. The van der Waals surface area contributed by atoms with Crippen LogP contribution in [-0.2, 0) is 6.61 Å². The normalized spacial score (nSPS) is 9.21. The van der Waals surface area contributed by atoms with Crippen molar-refractivity contribution in [2.45, 2.75) is 26.9 Å². The van der Waals surface area contributed by atoms with Crippen molar-refractivity contribution in [1.82, 2.24) is 0 Å². The van der Waals surface area contributed by atoms with Gasteiger partial charge in [0, 0.05) is 0 Å². The van der Waals surface area contributed by atoms with Crippen molar-refractivity contribution in [1.29, 1.82) is 0 Å². The predicted octanol–water partition coefficient (Wildman–Crippen LogP) is 2.92. The topological polar surface area (TPSA) is 29.5 Å². The van der Waals surface area contributed by atoms with Gasteiger partial charge in [0.05, 0.1) is 0 Å². The molecule has 2 rings (SSSR count). The number of ether oxygens (including phenoxy) is 1. The molecular formula is C16H20BO2. The Morgan fingerprint density at radius 3 is 2.05 bits per heavy atom. The Balaban J connectivity index is 0.000000550. The SMILES string of the molecule is CCC.O[B]c1ccc(OCc2ccccc2)cc1. The average Bonchev–Trinajstić information content (AvgIpc) is 2.47. The molecule has 0 aliphatic rings. The number of hydrogen-bond donors (Lipinski definition) is 1. The molecule has 99 valence electrons. The summed E-state index contributed by atoms with van der Waals surface area (Å²) in [6, 6.07) is 17.3. The van der Waals surface area contributed by atoms with Crippen LogP contribution in [0.3, 0.4) is 0 Å². The van der Waals surface area contributed by atoms with Crippen molar-refractivity contribution in [3.63, 3.8) is 0 Å². The van der Waals surface area contributed by atoms with E-state index in [-0.39, 0.29) is 0 Å². The molecule has 1 N–H and O–H groups in total. The molecule has 0 aliphatic carbocycles. The fourth-order valence-electron chi connectivity index (χ4n) is 1.39. The van der Waals surface area contributed by atoms with Gasteiger partial charge in [-0.1, -0.05) is 68.2 Å². The summed E-state index contributed by atoms with van der Waals surface area (Å²) in [6.07, 6.45) is 1.25. The highest BCUT2D eigenvalue weighted by Gasteiger charge is 1.96. The fourth-order valence-corrected chi connectivity index (χ4v) is 1.39. The first-order valence-corrected chi connectivity index (χ1v) is 6.54. The zero-order valence-corrected chi connectivity index (χ0v) is 11.5. The third-order valence-corrected chi connectivity index (χ3v) is 2.28. The van der Waals surface area contributed by atoms with Gasteiger partial charge in [-0.15, -0.1) is 0 Å². The van der Waals surface area contributed by atoms with Crippen LogP contribution in [0.15, 0.2) is 54.6 Å². The van der Waals surface area contributed by atoms with Gasteiger partial charge in [0.2, 0.25) is 0 Å². The number of hydrogen-bond acceptors (Lipinski definition) is 2. The molecule has 2 aromatic carbocycles. The molecule has 0 atom stereocenters. The Labute approximate surface area is 116 Å². The maximum Gasteiger partial charge on any atom is 0.326 e. The Hall–Kier alpha value is -1.74. The van der Waals surface area contributed by atoms with Crippen LogP contribution >= 0.6 is 0 Å². The molecule has 0 unspecified atom stereocenters. The quantitative estimate of drug-likeness (QED) is 0.851. The summed E-state index contributed by atoms with van der Waals surface area (Å²) in [5, 5.41) is 8.77. The van der Waals surface area contributed by atoms with E-state index in [1.807, 2.05) is 42.5 Å². The Morgan fingerprint density at radius 1 is 0.947 bits per heavy atom. The van der Waals surface area contributed by atoms with Crippen LogP contribution in [0.2, 0.25) is 0 Å². The van der Waals surface area contributed by atoms with Crippen LogP contribution in [0.25, 0.3) is 0 Å². The summed E-state index contributed by atoms with van der Waals surface area (Å²) in [6.45, 7) is 4.81. The lowest BCUT2D eigenvalue weighted by molar-refractivity contribution is 0.306. The van der Waals surface area contributed by atoms with Crippen molar-refractivity contribution < 1.29 is 9.76 Å². The predicted molar refractivity (Wildman–Crippen MR) is 80.8 cm³/mol. The summed E-state index contributed by atoms with van der Waals surface area (Å²) < 4.78 is 5.60. The summed E-state index contributed by atoms with van der Waals surface area (Å²) >= 11 is 0. The Kier molecular flexibility index (Phi) is 7.44.